The first kappa shape index (κ1) is 16.7. The highest BCUT2D eigenvalue weighted by molar-refractivity contribution is 7.92. The van der Waals surface area contributed by atoms with Gasteiger partial charge < -0.3 is 4.52 Å². The highest BCUT2D eigenvalue weighted by Gasteiger charge is 2.30. The molecule has 0 amide bonds. The Morgan fingerprint density at radius 2 is 1.96 bits per heavy atom. The minimum atomic E-state index is -3.78. The van der Waals surface area contributed by atoms with Gasteiger partial charge in [-0.3, -0.25) is 4.72 Å². The Bertz CT molecular complexity index is 1050. The fourth-order valence-electron chi connectivity index (χ4n) is 2.60. The van der Waals surface area contributed by atoms with E-state index in [0.717, 1.165) is 18.4 Å². The van der Waals surface area contributed by atoms with E-state index in [2.05, 4.69) is 19.8 Å². The van der Waals surface area contributed by atoms with Crippen LogP contribution in [-0.2, 0) is 10.0 Å². The molecule has 0 bridgehead atoms. The van der Waals surface area contributed by atoms with Crippen LogP contribution in [0.1, 0.15) is 35.8 Å². The Hall–Kier alpha value is -2.74. The third kappa shape index (κ3) is 3.32. The van der Waals surface area contributed by atoms with Gasteiger partial charge in [-0.05, 0) is 49.9 Å². The summed E-state index contributed by atoms with van der Waals surface area (Å²) in [6, 6.07) is 8.52. The largest absolute Gasteiger partial charge is 0.339 e. The van der Waals surface area contributed by atoms with E-state index in [1.54, 1.807) is 43.5 Å². The second-order valence-electron chi connectivity index (χ2n) is 6.54. The van der Waals surface area contributed by atoms with Gasteiger partial charge in [0.15, 0.2) is 0 Å². The molecule has 134 valence electrons. The summed E-state index contributed by atoms with van der Waals surface area (Å²) in [5.74, 6) is 1.64. The summed E-state index contributed by atoms with van der Waals surface area (Å²) in [6.07, 6.45) is 3.73. The van der Waals surface area contributed by atoms with Gasteiger partial charge in [0.2, 0.25) is 11.7 Å². The smallest absolute Gasteiger partial charge is 0.263 e. The molecule has 0 aliphatic heterocycles. The Morgan fingerprint density at radius 1 is 1.15 bits per heavy atom. The van der Waals surface area contributed by atoms with Crippen molar-refractivity contribution in [3.63, 3.8) is 0 Å². The SMILES string of the molecule is Cc1ccc(NS(=O)(=O)c2cc(-c3noc(C4CC4)n3)ccc2C)nc1. The summed E-state index contributed by atoms with van der Waals surface area (Å²) in [5.41, 5.74) is 2.18. The number of hydrogen-bond acceptors (Lipinski definition) is 6. The molecule has 1 aliphatic carbocycles. The molecule has 7 nitrogen and oxygen atoms in total. The van der Waals surface area contributed by atoms with Gasteiger partial charge in [-0.1, -0.05) is 23.4 Å². The Kier molecular flexibility index (Phi) is 3.99. The van der Waals surface area contributed by atoms with Gasteiger partial charge in [-0.15, -0.1) is 0 Å². The maximum Gasteiger partial charge on any atom is 0.263 e. The zero-order valence-corrected chi connectivity index (χ0v) is 15.2. The predicted octanol–water partition coefficient (Wildman–Crippen LogP) is 3.43. The van der Waals surface area contributed by atoms with Gasteiger partial charge >= 0.3 is 0 Å². The molecule has 0 atom stereocenters. The second-order valence-corrected chi connectivity index (χ2v) is 8.19. The first-order valence-corrected chi connectivity index (χ1v) is 9.81. The summed E-state index contributed by atoms with van der Waals surface area (Å²) >= 11 is 0. The normalized spacial score (nSPS) is 14.4. The van der Waals surface area contributed by atoms with Gasteiger partial charge in [0, 0.05) is 17.7 Å². The Balaban J connectivity index is 1.67. The van der Waals surface area contributed by atoms with E-state index in [-0.39, 0.29) is 10.7 Å². The molecule has 3 aromatic rings. The molecule has 0 unspecified atom stereocenters. The summed E-state index contributed by atoms with van der Waals surface area (Å²) in [4.78, 5) is 8.64. The van der Waals surface area contributed by atoms with Crippen LogP contribution in [-0.4, -0.2) is 23.5 Å². The molecular weight excluding hydrogens is 352 g/mol. The molecule has 1 fully saturated rings. The van der Waals surface area contributed by atoms with E-state index in [9.17, 15) is 8.42 Å². The lowest BCUT2D eigenvalue weighted by molar-refractivity contribution is 0.380. The van der Waals surface area contributed by atoms with Crippen LogP contribution in [0.25, 0.3) is 11.4 Å². The number of rotatable bonds is 5. The van der Waals surface area contributed by atoms with Crippen molar-refractivity contribution in [3.05, 3.63) is 53.5 Å². The number of aryl methyl sites for hydroxylation is 2. The Morgan fingerprint density at radius 3 is 2.65 bits per heavy atom. The highest BCUT2D eigenvalue weighted by atomic mass is 32.2. The van der Waals surface area contributed by atoms with Gasteiger partial charge in [0.1, 0.15) is 5.82 Å². The third-order valence-corrected chi connectivity index (χ3v) is 5.75. The van der Waals surface area contributed by atoms with Crippen LogP contribution in [0.4, 0.5) is 5.82 Å². The predicted molar refractivity (Wildman–Crippen MR) is 96.2 cm³/mol. The molecule has 1 aromatic carbocycles. The molecule has 0 spiro atoms. The van der Waals surface area contributed by atoms with Crippen molar-refractivity contribution >= 4 is 15.8 Å². The van der Waals surface area contributed by atoms with Crippen molar-refractivity contribution in [2.45, 2.75) is 37.5 Å². The third-order valence-electron chi connectivity index (χ3n) is 4.25. The number of hydrogen-bond donors (Lipinski definition) is 1. The maximum atomic E-state index is 12.8. The van der Waals surface area contributed by atoms with Crippen LogP contribution in [0.3, 0.4) is 0 Å². The van der Waals surface area contributed by atoms with E-state index in [0.29, 0.717) is 28.8 Å². The van der Waals surface area contributed by atoms with Crippen LogP contribution >= 0.6 is 0 Å². The maximum absolute atomic E-state index is 12.8. The van der Waals surface area contributed by atoms with Crippen molar-refractivity contribution in [1.29, 1.82) is 0 Å². The molecule has 1 saturated carbocycles. The van der Waals surface area contributed by atoms with Crippen LogP contribution in [0, 0.1) is 13.8 Å². The summed E-state index contributed by atoms with van der Waals surface area (Å²) in [5, 5.41) is 3.98. The van der Waals surface area contributed by atoms with Crippen LogP contribution < -0.4 is 4.72 Å². The molecule has 8 heteroatoms. The highest BCUT2D eigenvalue weighted by Crippen LogP contribution is 2.39. The van der Waals surface area contributed by atoms with Gasteiger partial charge in [0.05, 0.1) is 4.90 Å². The Labute approximate surface area is 151 Å². The standard InChI is InChI=1S/C18H18N4O3S/c1-11-3-8-16(19-10-11)22-26(23,24)15-9-14(5-4-12(15)2)17-20-18(25-21-17)13-6-7-13/h3-5,8-10,13H,6-7H2,1-2H3,(H,19,22). The molecule has 2 aromatic heterocycles. The monoisotopic (exact) mass is 370 g/mol. The lowest BCUT2D eigenvalue weighted by Crippen LogP contribution is -2.15. The quantitative estimate of drug-likeness (QED) is 0.739. The number of sulfonamides is 1. The van der Waals surface area contributed by atoms with Crippen molar-refractivity contribution in [2.75, 3.05) is 4.72 Å². The number of anilines is 1. The summed E-state index contributed by atoms with van der Waals surface area (Å²) in [7, 11) is -3.78. The van der Waals surface area contributed by atoms with Gasteiger partial charge in [0.25, 0.3) is 10.0 Å². The molecule has 26 heavy (non-hydrogen) atoms. The summed E-state index contributed by atoms with van der Waals surface area (Å²) in [6.45, 7) is 3.63. The minimum Gasteiger partial charge on any atom is -0.339 e. The average Bonchev–Trinajstić information content (AvgIpc) is 3.34. The van der Waals surface area contributed by atoms with Crippen LogP contribution in [0.2, 0.25) is 0 Å². The van der Waals surface area contributed by atoms with Crippen LogP contribution in [0.5, 0.6) is 0 Å². The lowest BCUT2D eigenvalue weighted by Gasteiger charge is -2.10. The number of benzene rings is 1. The topological polar surface area (TPSA) is 98.0 Å². The molecule has 2 heterocycles. The summed E-state index contributed by atoms with van der Waals surface area (Å²) < 4.78 is 33.4. The average molecular weight is 370 g/mol. The van der Waals surface area contributed by atoms with Crippen molar-refractivity contribution in [2.24, 2.45) is 0 Å². The van der Waals surface area contributed by atoms with E-state index >= 15 is 0 Å². The van der Waals surface area contributed by atoms with E-state index in [1.165, 1.54) is 0 Å². The number of nitrogens with one attached hydrogen (secondary N) is 1. The molecule has 4 rings (SSSR count). The fraction of sp³-hybridized carbons (Fsp3) is 0.278. The van der Waals surface area contributed by atoms with Gasteiger partial charge in [-0.25, -0.2) is 13.4 Å². The van der Waals surface area contributed by atoms with Gasteiger partial charge in [-0.2, -0.15) is 4.98 Å². The second kappa shape index (κ2) is 6.21. The number of nitrogens with zero attached hydrogens (tertiary/aromatic N) is 3. The van der Waals surface area contributed by atoms with Crippen LogP contribution in [0.15, 0.2) is 45.9 Å². The molecule has 1 N–H and O–H groups in total. The first-order chi connectivity index (χ1) is 12.4. The van der Waals surface area contributed by atoms with Crippen molar-refractivity contribution in [3.8, 4) is 11.4 Å². The van der Waals surface area contributed by atoms with E-state index < -0.39 is 10.0 Å². The van der Waals surface area contributed by atoms with Crippen molar-refractivity contribution in [1.82, 2.24) is 15.1 Å². The van der Waals surface area contributed by atoms with E-state index in [1.807, 2.05) is 6.92 Å². The number of aromatic nitrogens is 3. The van der Waals surface area contributed by atoms with Crippen molar-refractivity contribution < 1.29 is 12.9 Å². The molecule has 0 radical (unpaired) electrons. The lowest BCUT2D eigenvalue weighted by atomic mass is 10.1. The minimum absolute atomic E-state index is 0.162. The zero-order chi connectivity index (χ0) is 18.3. The fourth-order valence-corrected chi connectivity index (χ4v) is 3.88. The zero-order valence-electron chi connectivity index (χ0n) is 14.4. The first-order valence-electron chi connectivity index (χ1n) is 8.32. The molecule has 1 aliphatic rings. The molecular formula is C18H18N4O3S. The number of pyridine rings is 1. The molecule has 0 saturated heterocycles. The van der Waals surface area contributed by atoms with E-state index in [4.69, 9.17) is 4.52 Å².